The quantitative estimate of drug-likeness (QED) is 0.484. The number of carbonyl (C=O) groups is 2. The van der Waals surface area contributed by atoms with E-state index in [0.717, 1.165) is 24.1 Å². The van der Waals surface area contributed by atoms with Gasteiger partial charge in [-0.1, -0.05) is 6.07 Å². The average molecular weight is 525 g/mol. The summed E-state index contributed by atoms with van der Waals surface area (Å²) in [5.74, 6) is -4.58. The van der Waals surface area contributed by atoms with Crippen LogP contribution in [0.5, 0.6) is 0 Å². The molecular weight excluding hydrogens is 497 g/mol. The Morgan fingerprint density at radius 1 is 1.24 bits per heavy atom. The van der Waals surface area contributed by atoms with Gasteiger partial charge in [-0.05, 0) is 61.7 Å². The molecule has 0 spiro atoms. The maximum absolute atomic E-state index is 16.0. The van der Waals surface area contributed by atoms with E-state index in [9.17, 15) is 18.4 Å². The number of aryl methyl sites for hydroxylation is 1. The Hall–Kier alpha value is -3.79. The summed E-state index contributed by atoms with van der Waals surface area (Å²) in [5.41, 5.74) is 0.853. The molecule has 0 saturated carbocycles. The van der Waals surface area contributed by atoms with Crippen molar-refractivity contribution in [2.45, 2.75) is 44.7 Å². The van der Waals surface area contributed by atoms with Crippen LogP contribution in [0.25, 0.3) is 11.1 Å². The van der Waals surface area contributed by atoms with Crippen molar-refractivity contribution < 1.29 is 27.5 Å². The zero-order chi connectivity index (χ0) is 27.2. The van der Waals surface area contributed by atoms with Crippen LogP contribution in [0.1, 0.15) is 53.4 Å². The number of anilines is 2. The Kier molecular flexibility index (Phi) is 6.46. The summed E-state index contributed by atoms with van der Waals surface area (Å²) in [6.45, 7) is 4.72. The van der Waals surface area contributed by atoms with Crippen molar-refractivity contribution in [3.05, 3.63) is 71.2 Å². The lowest BCUT2D eigenvalue weighted by Crippen LogP contribution is -2.58. The summed E-state index contributed by atoms with van der Waals surface area (Å²) in [5, 5.41) is 2.75. The van der Waals surface area contributed by atoms with E-state index in [0.29, 0.717) is 35.7 Å². The Morgan fingerprint density at radius 3 is 2.76 bits per heavy atom. The molecule has 2 aliphatic heterocycles. The minimum absolute atomic E-state index is 0.0530. The number of aromatic nitrogens is 2. The number of nitrogens with zero attached hydrogens (tertiary/aromatic N) is 3. The predicted octanol–water partition coefficient (Wildman–Crippen LogP) is 5.39. The van der Waals surface area contributed by atoms with Crippen molar-refractivity contribution in [2.75, 3.05) is 30.0 Å². The van der Waals surface area contributed by atoms with Gasteiger partial charge in [0.05, 0.1) is 6.61 Å². The number of benzene rings is 1. The van der Waals surface area contributed by atoms with Gasteiger partial charge in [-0.25, -0.2) is 9.37 Å². The molecule has 2 atom stereocenters. The third-order valence-corrected chi connectivity index (χ3v) is 7.14. The van der Waals surface area contributed by atoms with Crippen molar-refractivity contribution in [3.8, 4) is 11.1 Å². The second-order valence-corrected chi connectivity index (χ2v) is 9.74. The highest BCUT2D eigenvalue weighted by Crippen LogP contribution is 2.48. The second kappa shape index (κ2) is 9.50. The van der Waals surface area contributed by atoms with Crippen LogP contribution in [0, 0.1) is 6.92 Å². The van der Waals surface area contributed by atoms with E-state index in [-0.39, 0.29) is 18.7 Å². The maximum atomic E-state index is 16.0. The molecule has 10 heteroatoms. The predicted molar refractivity (Wildman–Crippen MR) is 136 cm³/mol. The van der Waals surface area contributed by atoms with Gasteiger partial charge in [-0.3, -0.25) is 19.5 Å². The van der Waals surface area contributed by atoms with Crippen molar-refractivity contribution in [2.24, 2.45) is 0 Å². The number of amides is 2. The highest BCUT2D eigenvalue weighted by molar-refractivity contribution is 6.05. The van der Waals surface area contributed by atoms with Crippen LogP contribution in [-0.4, -0.2) is 47.2 Å². The number of nitrogens with one attached hydrogen (secondary N) is 1. The average Bonchev–Trinajstić information content (AvgIpc) is 2.90. The van der Waals surface area contributed by atoms with Crippen LogP contribution in [0.3, 0.4) is 0 Å². The van der Waals surface area contributed by atoms with E-state index in [1.165, 1.54) is 17.2 Å². The van der Waals surface area contributed by atoms with E-state index < -0.39 is 35.0 Å². The number of carbonyl (C=O) groups excluding carboxylic acids is 2. The molecule has 0 aliphatic carbocycles. The van der Waals surface area contributed by atoms with Crippen molar-refractivity contribution in [3.63, 3.8) is 0 Å². The molecule has 2 aromatic heterocycles. The van der Waals surface area contributed by atoms with Crippen LogP contribution >= 0.6 is 0 Å². The molecule has 0 radical (unpaired) electrons. The fourth-order valence-corrected chi connectivity index (χ4v) is 5.11. The van der Waals surface area contributed by atoms with Gasteiger partial charge in [0, 0.05) is 60.8 Å². The molecule has 1 fully saturated rings. The first-order chi connectivity index (χ1) is 18.0. The van der Waals surface area contributed by atoms with Gasteiger partial charge in [0.2, 0.25) is 5.67 Å². The molecule has 0 bridgehead atoms. The lowest BCUT2D eigenvalue weighted by molar-refractivity contribution is -0.143. The third kappa shape index (κ3) is 4.42. The summed E-state index contributed by atoms with van der Waals surface area (Å²) < 4.78 is 48.7. The van der Waals surface area contributed by atoms with Crippen LogP contribution in [0.2, 0.25) is 0 Å². The largest absolute Gasteiger partial charge is 0.378 e. The molecule has 38 heavy (non-hydrogen) atoms. The SMILES string of the molecule is CCN1C(=O)C2(F)COCC[C@@H]2c2cc(-c3cc(NC(=O)c4ccnc(C(C)(F)F)c4)ccc3C)cnc21. The van der Waals surface area contributed by atoms with Crippen molar-refractivity contribution in [1.82, 2.24) is 9.97 Å². The summed E-state index contributed by atoms with van der Waals surface area (Å²) >= 11 is 0. The number of hydrogen-bond donors (Lipinski definition) is 1. The molecule has 3 aromatic rings. The van der Waals surface area contributed by atoms with Gasteiger partial charge < -0.3 is 10.1 Å². The van der Waals surface area contributed by atoms with Crippen LogP contribution in [0.15, 0.2) is 48.8 Å². The lowest BCUT2D eigenvalue weighted by atomic mass is 9.76. The maximum Gasteiger partial charge on any atom is 0.286 e. The molecule has 1 aromatic carbocycles. The topological polar surface area (TPSA) is 84.4 Å². The first-order valence-corrected chi connectivity index (χ1v) is 12.4. The molecule has 198 valence electrons. The highest BCUT2D eigenvalue weighted by Gasteiger charge is 2.56. The zero-order valence-electron chi connectivity index (χ0n) is 21.2. The molecule has 5 rings (SSSR count). The number of rotatable bonds is 5. The van der Waals surface area contributed by atoms with Gasteiger partial charge in [-0.15, -0.1) is 0 Å². The molecule has 4 heterocycles. The third-order valence-electron chi connectivity index (χ3n) is 7.14. The van der Waals surface area contributed by atoms with E-state index in [1.54, 1.807) is 25.3 Å². The Morgan fingerprint density at radius 2 is 2.03 bits per heavy atom. The molecule has 2 amide bonds. The van der Waals surface area contributed by atoms with Gasteiger partial charge in [0.25, 0.3) is 17.7 Å². The molecule has 1 N–H and O–H groups in total. The van der Waals surface area contributed by atoms with E-state index in [4.69, 9.17) is 4.74 Å². The van der Waals surface area contributed by atoms with Gasteiger partial charge in [0.1, 0.15) is 11.5 Å². The summed E-state index contributed by atoms with van der Waals surface area (Å²) in [6.07, 6.45) is 3.16. The van der Waals surface area contributed by atoms with Crippen LogP contribution in [-0.2, 0) is 15.5 Å². The number of halogens is 3. The number of ether oxygens (including phenoxy) is 1. The smallest absolute Gasteiger partial charge is 0.286 e. The minimum Gasteiger partial charge on any atom is -0.378 e. The summed E-state index contributed by atoms with van der Waals surface area (Å²) in [6, 6.07) is 9.57. The van der Waals surface area contributed by atoms with Crippen molar-refractivity contribution >= 4 is 23.3 Å². The number of pyridine rings is 2. The number of alkyl halides is 3. The first kappa shape index (κ1) is 25.8. The normalized spacial score (nSPS) is 21.1. The molecular formula is C28H27F3N4O3. The van der Waals surface area contributed by atoms with Gasteiger partial charge in [-0.2, -0.15) is 8.78 Å². The fourth-order valence-electron chi connectivity index (χ4n) is 5.11. The van der Waals surface area contributed by atoms with E-state index in [1.807, 2.05) is 19.1 Å². The van der Waals surface area contributed by atoms with E-state index in [2.05, 4.69) is 15.3 Å². The van der Waals surface area contributed by atoms with Crippen LogP contribution < -0.4 is 10.2 Å². The van der Waals surface area contributed by atoms with Crippen LogP contribution in [0.4, 0.5) is 24.7 Å². The van der Waals surface area contributed by atoms with E-state index >= 15 is 4.39 Å². The standard InChI is InChI=1S/C28H27F3N4O3/c1-4-35-24-21(22-8-10-38-15-28(22,31)26(35)37)11-18(14-33-24)20-13-19(6-5-16(20)2)34-25(36)17-7-9-32-23(12-17)27(3,29)30/h5-7,9,11-14,22H,4,8,10,15H2,1-3H3,(H,34,36)/t22-,28?/m1/s1. The van der Waals surface area contributed by atoms with Gasteiger partial charge in [0.15, 0.2) is 0 Å². The summed E-state index contributed by atoms with van der Waals surface area (Å²) in [4.78, 5) is 35.4. The van der Waals surface area contributed by atoms with Gasteiger partial charge >= 0.3 is 0 Å². The minimum atomic E-state index is -3.17. The lowest BCUT2D eigenvalue weighted by Gasteiger charge is -2.44. The Balaban J connectivity index is 1.49. The summed E-state index contributed by atoms with van der Waals surface area (Å²) in [7, 11) is 0. The molecule has 1 saturated heterocycles. The monoisotopic (exact) mass is 524 g/mol. The highest BCUT2D eigenvalue weighted by atomic mass is 19.3. The Labute approximate surface area is 218 Å². The number of hydrogen-bond acceptors (Lipinski definition) is 5. The Bertz CT molecular complexity index is 1420. The number of fused-ring (bicyclic) bond motifs is 3. The second-order valence-electron chi connectivity index (χ2n) is 9.74. The molecule has 2 aliphatic rings. The fraction of sp³-hybridized carbons (Fsp3) is 0.357. The van der Waals surface area contributed by atoms with Crippen molar-refractivity contribution in [1.29, 1.82) is 0 Å². The molecule has 7 nitrogen and oxygen atoms in total. The zero-order valence-corrected chi connectivity index (χ0v) is 21.2. The first-order valence-electron chi connectivity index (χ1n) is 12.4. The molecule has 1 unspecified atom stereocenters.